The summed E-state index contributed by atoms with van der Waals surface area (Å²) < 4.78 is 5.02. The van der Waals surface area contributed by atoms with Crippen LogP contribution in [0.15, 0.2) is 24.5 Å². The van der Waals surface area contributed by atoms with Crippen molar-refractivity contribution in [3.05, 3.63) is 24.5 Å². The Balaban J connectivity index is 3.24. The Morgan fingerprint density at radius 2 is 2.15 bits per heavy atom. The van der Waals surface area contributed by atoms with Crippen LogP contribution < -0.4 is 0 Å². The number of allylic oxidation sites excluding steroid dienone is 3. The van der Waals surface area contributed by atoms with Crippen molar-refractivity contribution in [1.82, 2.24) is 0 Å². The van der Waals surface area contributed by atoms with Crippen LogP contribution in [0.1, 0.15) is 33.1 Å². The van der Waals surface area contributed by atoms with Gasteiger partial charge in [-0.3, -0.25) is 0 Å². The maximum atomic E-state index is 8.85. The average Bonchev–Trinajstić information content (AvgIpc) is 2.09. The van der Waals surface area contributed by atoms with E-state index in [4.69, 9.17) is 9.84 Å². The van der Waals surface area contributed by atoms with Crippen LogP contribution >= 0.6 is 0 Å². The first-order valence-electron chi connectivity index (χ1n) is 4.88. The first-order valence-corrected chi connectivity index (χ1v) is 4.88. The lowest BCUT2D eigenvalue weighted by atomic mass is 10.2. The molecule has 1 atom stereocenters. The minimum atomic E-state index is -0.395. The summed E-state index contributed by atoms with van der Waals surface area (Å²) in [5.41, 5.74) is 0. The summed E-state index contributed by atoms with van der Waals surface area (Å²) in [4.78, 5) is 0. The van der Waals surface area contributed by atoms with Crippen molar-refractivity contribution in [1.29, 1.82) is 0 Å². The molecule has 0 aromatic carbocycles. The number of rotatable bonds is 7. The summed E-state index contributed by atoms with van der Waals surface area (Å²) >= 11 is 0. The predicted molar refractivity (Wildman–Crippen MR) is 55.4 cm³/mol. The van der Waals surface area contributed by atoms with Crippen molar-refractivity contribution >= 4 is 0 Å². The number of unbranched alkanes of at least 4 members (excludes halogenated alkanes) is 2. The Bertz CT molecular complexity index is 148. The van der Waals surface area contributed by atoms with E-state index in [0.29, 0.717) is 6.61 Å². The third kappa shape index (κ3) is 11.2. The van der Waals surface area contributed by atoms with Gasteiger partial charge in [0.15, 0.2) is 0 Å². The molecule has 1 unspecified atom stereocenters. The molecule has 0 aromatic heterocycles. The quantitative estimate of drug-likeness (QED) is 0.374. The normalized spacial score (nSPS) is 14.1. The molecule has 0 aliphatic rings. The number of hydrogen-bond acceptors (Lipinski definition) is 2. The average molecular weight is 184 g/mol. The van der Waals surface area contributed by atoms with Gasteiger partial charge in [-0.15, -0.1) is 0 Å². The molecule has 0 saturated heterocycles. The fraction of sp³-hybridized carbons (Fsp3) is 0.636. The van der Waals surface area contributed by atoms with E-state index in [9.17, 15) is 0 Å². The van der Waals surface area contributed by atoms with Gasteiger partial charge < -0.3 is 9.84 Å². The Hall–Kier alpha value is -0.760. The van der Waals surface area contributed by atoms with Gasteiger partial charge in [0.25, 0.3) is 0 Å². The van der Waals surface area contributed by atoms with Crippen LogP contribution in [0.3, 0.4) is 0 Å². The Kier molecular flexibility index (Phi) is 8.78. The molecular weight excluding hydrogens is 164 g/mol. The molecule has 0 spiro atoms. The monoisotopic (exact) mass is 184 g/mol. The molecular formula is C11H20O2. The van der Waals surface area contributed by atoms with Crippen molar-refractivity contribution in [2.24, 2.45) is 0 Å². The van der Waals surface area contributed by atoms with E-state index >= 15 is 0 Å². The Morgan fingerprint density at radius 1 is 1.38 bits per heavy atom. The number of aliphatic hydroxyl groups excluding tert-OH is 1. The van der Waals surface area contributed by atoms with E-state index in [0.717, 1.165) is 6.42 Å². The zero-order valence-electron chi connectivity index (χ0n) is 8.57. The van der Waals surface area contributed by atoms with Gasteiger partial charge in [0.1, 0.15) is 6.61 Å². The first kappa shape index (κ1) is 12.2. The molecule has 0 amide bonds. The summed E-state index contributed by atoms with van der Waals surface area (Å²) in [6.07, 6.45) is 10.7. The highest BCUT2D eigenvalue weighted by molar-refractivity contribution is 4.99. The molecule has 13 heavy (non-hydrogen) atoms. The van der Waals surface area contributed by atoms with Crippen molar-refractivity contribution < 1.29 is 9.84 Å². The third-order valence-corrected chi connectivity index (χ3v) is 1.48. The topological polar surface area (TPSA) is 29.5 Å². The Morgan fingerprint density at radius 3 is 2.77 bits per heavy atom. The van der Waals surface area contributed by atoms with Gasteiger partial charge in [0.2, 0.25) is 0 Å². The molecule has 0 aliphatic heterocycles. The lowest BCUT2D eigenvalue weighted by molar-refractivity contribution is 0.0976. The second-order valence-electron chi connectivity index (χ2n) is 3.08. The van der Waals surface area contributed by atoms with Gasteiger partial charge in [-0.2, -0.15) is 0 Å². The minimum Gasteiger partial charge on any atom is -0.499 e. The van der Waals surface area contributed by atoms with Crippen LogP contribution in [0.4, 0.5) is 0 Å². The summed E-state index contributed by atoms with van der Waals surface area (Å²) in [7, 11) is 0. The zero-order chi connectivity index (χ0) is 9.94. The largest absolute Gasteiger partial charge is 0.499 e. The fourth-order valence-corrected chi connectivity index (χ4v) is 0.792. The van der Waals surface area contributed by atoms with Gasteiger partial charge in [-0.25, -0.2) is 0 Å². The molecule has 0 bridgehead atoms. The molecule has 0 saturated carbocycles. The van der Waals surface area contributed by atoms with E-state index in [1.807, 2.05) is 12.2 Å². The smallest absolute Gasteiger partial charge is 0.113 e. The molecule has 0 aliphatic carbocycles. The highest BCUT2D eigenvalue weighted by Crippen LogP contribution is 1.95. The summed E-state index contributed by atoms with van der Waals surface area (Å²) in [5.74, 6) is 0. The summed E-state index contributed by atoms with van der Waals surface area (Å²) in [5, 5.41) is 8.85. The summed E-state index contributed by atoms with van der Waals surface area (Å²) in [6, 6.07) is 0. The second kappa shape index (κ2) is 9.33. The SMILES string of the molecule is CCCC/C=C/C=C/OCC(C)O. The lowest BCUT2D eigenvalue weighted by Gasteiger charge is -2.01. The number of aliphatic hydroxyl groups is 1. The van der Waals surface area contributed by atoms with Crippen molar-refractivity contribution in [3.63, 3.8) is 0 Å². The van der Waals surface area contributed by atoms with Crippen molar-refractivity contribution in [3.8, 4) is 0 Å². The maximum absolute atomic E-state index is 8.85. The van der Waals surface area contributed by atoms with E-state index < -0.39 is 6.10 Å². The van der Waals surface area contributed by atoms with Crippen molar-refractivity contribution in [2.45, 2.75) is 39.2 Å². The molecule has 2 heteroatoms. The minimum absolute atomic E-state index is 0.360. The van der Waals surface area contributed by atoms with Crippen LogP contribution in [-0.2, 0) is 4.74 Å². The Labute approximate surface area is 80.9 Å². The van der Waals surface area contributed by atoms with Gasteiger partial charge in [0, 0.05) is 0 Å². The van der Waals surface area contributed by atoms with Crippen LogP contribution in [0.5, 0.6) is 0 Å². The molecule has 0 rings (SSSR count). The molecule has 0 fully saturated rings. The zero-order valence-corrected chi connectivity index (χ0v) is 8.57. The maximum Gasteiger partial charge on any atom is 0.113 e. The predicted octanol–water partition coefficient (Wildman–Crippen LogP) is 2.64. The van der Waals surface area contributed by atoms with E-state index in [2.05, 4.69) is 13.0 Å². The molecule has 0 radical (unpaired) electrons. The van der Waals surface area contributed by atoms with Gasteiger partial charge in [-0.1, -0.05) is 31.9 Å². The molecule has 76 valence electrons. The highest BCUT2D eigenvalue weighted by Gasteiger charge is 1.89. The second-order valence-corrected chi connectivity index (χ2v) is 3.08. The first-order chi connectivity index (χ1) is 6.27. The summed E-state index contributed by atoms with van der Waals surface area (Å²) in [6.45, 7) is 4.24. The molecule has 2 nitrogen and oxygen atoms in total. The number of hydrogen-bond donors (Lipinski definition) is 1. The highest BCUT2D eigenvalue weighted by atomic mass is 16.5. The lowest BCUT2D eigenvalue weighted by Crippen LogP contribution is -2.06. The molecule has 0 aromatic rings. The van der Waals surface area contributed by atoms with Crippen LogP contribution in [0, 0.1) is 0 Å². The standard InChI is InChI=1S/C11H20O2/c1-3-4-5-6-7-8-9-13-10-11(2)12/h6-9,11-12H,3-5,10H2,1-2H3/b7-6+,9-8+. The van der Waals surface area contributed by atoms with Gasteiger partial charge in [0.05, 0.1) is 12.4 Å². The molecule has 1 N–H and O–H groups in total. The van der Waals surface area contributed by atoms with Crippen molar-refractivity contribution in [2.75, 3.05) is 6.61 Å². The van der Waals surface area contributed by atoms with Crippen LogP contribution in [0.2, 0.25) is 0 Å². The fourth-order valence-electron chi connectivity index (χ4n) is 0.792. The van der Waals surface area contributed by atoms with Crippen LogP contribution in [-0.4, -0.2) is 17.8 Å². The van der Waals surface area contributed by atoms with E-state index in [-0.39, 0.29) is 0 Å². The van der Waals surface area contributed by atoms with Crippen LogP contribution in [0.25, 0.3) is 0 Å². The van der Waals surface area contributed by atoms with Gasteiger partial charge in [-0.05, 0) is 19.4 Å². The van der Waals surface area contributed by atoms with Gasteiger partial charge >= 0.3 is 0 Å². The van der Waals surface area contributed by atoms with E-state index in [1.54, 1.807) is 13.2 Å². The molecule has 0 heterocycles. The number of ether oxygens (including phenoxy) is 1. The van der Waals surface area contributed by atoms with E-state index in [1.165, 1.54) is 12.8 Å². The third-order valence-electron chi connectivity index (χ3n) is 1.48.